The Hall–Kier alpha value is -2.61. The summed E-state index contributed by atoms with van der Waals surface area (Å²) in [7, 11) is 2.17. The number of aryl methyl sites for hydroxylation is 2. The van der Waals surface area contributed by atoms with Crippen molar-refractivity contribution < 1.29 is 8.98 Å². The monoisotopic (exact) mass is 398 g/mol. The molecule has 0 radical (unpaired) electrons. The summed E-state index contributed by atoms with van der Waals surface area (Å²) in [4.78, 5) is 0. The first-order valence-corrected chi connectivity index (χ1v) is 11.2. The van der Waals surface area contributed by atoms with Gasteiger partial charge >= 0.3 is 0 Å². The molecule has 2 heteroatoms. The molecule has 5 rings (SSSR count). The van der Waals surface area contributed by atoms with Gasteiger partial charge < -0.3 is 4.42 Å². The topological polar surface area (TPSA) is 17.0 Å². The predicted octanol–water partition coefficient (Wildman–Crippen LogP) is 7.38. The van der Waals surface area contributed by atoms with Crippen LogP contribution in [0.4, 0.5) is 0 Å². The van der Waals surface area contributed by atoms with Crippen molar-refractivity contribution in [1.82, 2.24) is 0 Å². The molecular formula is C28H32NO+. The van der Waals surface area contributed by atoms with E-state index in [2.05, 4.69) is 75.7 Å². The second-order valence-electron chi connectivity index (χ2n) is 10.1. The molecule has 154 valence electrons. The van der Waals surface area contributed by atoms with Crippen LogP contribution in [-0.4, -0.2) is 0 Å². The van der Waals surface area contributed by atoms with Crippen molar-refractivity contribution in [2.75, 3.05) is 0 Å². The van der Waals surface area contributed by atoms with Gasteiger partial charge in [-0.05, 0) is 84.7 Å². The van der Waals surface area contributed by atoms with Gasteiger partial charge in [-0.3, -0.25) is 0 Å². The zero-order valence-corrected chi connectivity index (χ0v) is 18.9. The zero-order chi connectivity index (χ0) is 21.0. The maximum atomic E-state index is 5.72. The zero-order valence-electron chi connectivity index (χ0n) is 18.9. The van der Waals surface area contributed by atoms with Crippen LogP contribution < -0.4 is 4.57 Å². The summed E-state index contributed by atoms with van der Waals surface area (Å²) in [5.41, 5.74) is 8.05. The highest BCUT2D eigenvalue weighted by atomic mass is 16.3. The lowest BCUT2D eigenvalue weighted by Gasteiger charge is -2.34. The lowest BCUT2D eigenvalue weighted by atomic mass is 9.71. The largest absolute Gasteiger partial charge is 0.464 e. The second kappa shape index (κ2) is 6.97. The van der Waals surface area contributed by atoms with Gasteiger partial charge in [-0.15, -0.1) is 0 Å². The number of nitrogens with zero attached hydrogens (tertiary/aromatic N) is 1. The molecule has 0 amide bonds. The molecule has 2 heterocycles. The third-order valence-electron chi connectivity index (χ3n) is 7.42. The van der Waals surface area contributed by atoms with Crippen LogP contribution in [0.15, 0.2) is 53.1 Å². The predicted molar refractivity (Wildman–Crippen MR) is 125 cm³/mol. The van der Waals surface area contributed by atoms with Crippen LogP contribution in [0.25, 0.3) is 33.0 Å². The Bertz CT molecular complexity index is 1250. The highest BCUT2D eigenvalue weighted by molar-refractivity contribution is 5.96. The van der Waals surface area contributed by atoms with E-state index >= 15 is 0 Å². The SMILES string of the molecule is Cc1cc2ccoc2cc1-c1c2ccc(C3CCC(C)(C)CC3)cc2cc(C)[n+]1C. The number of pyridine rings is 1. The van der Waals surface area contributed by atoms with E-state index in [1.807, 2.05) is 6.07 Å². The Balaban J connectivity index is 1.65. The standard InChI is InChI=1S/C28H32NO/c1-18-14-22-10-13-30-26(22)17-25(18)27-24-7-6-21(16-23(24)15-19(2)29(27)5)20-8-11-28(3,4)12-9-20/h6-7,10,13-17,20H,8-9,11-12H2,1-5H3/q+1. The van der Waals surface area contributed by atoms with E-state index in [1.165, 1.54) is 69.9 Å². The fourth-order valence-corrected chi connectivity index (χ4v) is 5.29. The molecule has 0 spiro atoms. The average Bonchev–Trinajstić information content (AvgIpc) is 3.15. The number of fused-ring (bicyclic) bond motifs is 2. The second-order valence-corrected chi connectivity index (χ2v) is 10.1. The van der Waals surface area contributed by atoms with E-state index in [1.54, 1.807) is 6.26 Å². The maximum Gasteiger partial charge on any atom is 0.220 e. The normalized spacial score (nSPS) is 17.1. The molecule has 2 aromatic carbocycles. The first-order chi connectivity index (χ1) is 14.3. The van der Waals surface area contributed by atoms with Gasteiger partial charge in [0, 0.05) is 18.4 Å². The van der Waals surface area contributed by atoms with Crippen LogP contribution >= 0.6 is 0 Å². The molecule has 0 saturated heterocycles. The van der Waals surface area contributed by atoms with Gasteiger partial charge in [0.2, 0.25) is 5.69 Å². The smallest absolute Gasteiger partial charge is 0.220 e. The molecule has 0 atom stereocenters. The van der Waals surface area contributed by atoms with Crippen LogP contribution in [0.2, 0.25) is 0 Å². The molecule has 1 saturated carbocycles. The van der Waals surface area contributed by atoms with Crippen molar-refractivity contribution in [3.8, 4) is 11.3 Å². The fraction of sp³-hybridized carbons (Fsp3) is 0.393. The van der Waals surface area contributed by atoms with Crippen molar-refractivity contribution in [3.05, 3.63) is 65.5 Å². The number of furan rings is 1. The molecule has 1 aliphatic carbocycles. The quantitative estimate of drug-likeness (QED) is 0.322. The molecule has 1 fully saturated rings. The highest BCUT2D eigenvalue weighted by Gasteiger charge is 2.28. The average molecular weight is 399 g/mol. The fourth-order valence-electron chi connectivity index (χ4n) is 5.29. The molecule has 1 aliphatic rings. The number of hydrogen-bond acceptors (Lipinski definition) is 1. The van der Waals surface area contributed by atoms with Crippen molar-refractivity contribution in [2.24, 2.45) is 12.5 Å². The van der Waals surface area contributed by atoms with Gasteiger partial charge in [0.15, 0.2) is 5.69 Å². The maximum absolute atomic E-state index is 5.72. The minimum atomic E-state index is 0.507. The van der Waals surface area contributed by atoms with Crippen molar-refractivity contribution in [1.29, 1.82) is 0 Å². The molecule has 0 unspecified atom stereocenters. The van der Waals surface area contributed by atoms with Gasteiger partial charge in [-0.25, -0.2) is 0 Å². The molecular weight excluding hydrogens is 366 g/mol. The van der Waals surface area contributed by atoms with E-state index in [9.17, 15) is 0 Å². The van der Waals surface area contributed by atoms with Crippen molar-refractivity contribution in [2.45, 2.75) is 59.3 Å². The van der Waals surface area contributed by atoms with E-state index in [0.29, 0.717) is 11.3 Å². The minimum absolute atomic E-state index is 0.507. The number of hydrogen-bond donors (Lipinski definition) is 0. The Morgan fingerprint density at radius 2 is 1.70 bits per heavy atom. The minimum Gasteiger partial charge on any atom is -0.464 e. The summed E-state index contributed by atoms with van der Waals surface area (Å²) in [5.74, 6) is 0.696. The van der Waals surface area contributed by atoms with Crippen LogP contribution in [0.3, 0.4) is 0 Å². The van der Waals surface area contributed by atoms with E-state index in [-0.39, 0.29) is 0 Å². The van der Waals surface area contributed by atoms with Gasteiger partial charge in [-0.2, -0.15) is 4.57 Å². The van der Waals surface area contributed by atoms with Gasteiger partial charge in [0.25, 0.3) is 0 Å². The molecule has 30 heavy (non-hydrogen) atoms. The summed E-state index contributed by atoms with van der Waals surface area (Å²) < 4.78 is 8.04. The summed E-state index contributed by atoms with van der Waals surface area (Å²) in [6.07, 6.45) is 7.04. The number of aromatic nitrogens is 1. The van der Waals surface area contributed by atoms with Gasteiger partial charge in [-0.1, -0.05) is 26.0 Å². The number of rotatable bonds is 2. The summed E-state index contributed by atoms with van der Waals surface area (Å²) in [6.45, 7) is 9.24. The summed E-state index contributed by atoms with van der Waals surface area (Å²) in [6, 6.07) is 16.0. The Kier molecular flexibility index (Phi) is 4.50. The molecule has 2 nitrogen and oxygen atoms in total. The number of benzene rings is 2. The van der Waals surface area contributed by atoms with E-state index < -0.39 is 0 Å². The highest BCUT2D eigenvalue weighted by Crippen LogP contribution is 2.43. The van der Waals surface area contributed by atoms with Crippen LogP contribution in [0.1, 0.15) is 62.3 Å². The van der Waals surface area contributed by atoms with Gasteiger partial charge in [0.1, 0.15) is 12.6 Å². The molecule has 0 N–H and O–H groups in total. The van der Waals surface area contributed by atoms with Crippen LogP contribution in [0, 0.1) is 19.3 Å². The molecule has 0 bridgehead atoms. The molecule has 2 aromatic heterocycles. The lowest BCUT2D eigenvalue weighted by molar-refractivity contribution is -0.665. The van der Waals surface area contributed by atoms with E-state index in [0.717, 1.165) is 5.58 Å². The third-order valence-corrected chi connectivity index (χ3v) is 7.42. The first kappa shape index (κ1) is 19.4. The Morgan fingerprint density at radius 1 is 0.933 bits per heavy atom. The first-order valence-electron chi connectivity index (χ1n) is 11.2. The molecule has 0 aliphatic heterocycles. The Labute approximate surface area is 179 Å². The third kappa shape index (κ3) is 3.23. The summed E-state index contributed by atoms with van der Waals surface area (Å²) >= 11 is 0. The van der Waals surface area contributed by atoms with Crippen molar-refractivity contribution in [3.63, 3.8) is 0 Å². The lowest BCUT2D eigenvalue weighted by Crippen LogP contribution is -2.35. The van der Waals surface area contributed by atoms with E-state index in [4.69, 9.17) is 4.42 Å². The van der Waals surface area contributed by atoms with Crippen LogP contribution in [-0.2, 0) is 7.05 Å². The Morgan fingerprint density at radius 3 is 2.47 bits per heavy atom. The van der Waals surface area contributed by atoms with Crippen LogP contribution in [0.5, 0.6) is 0 Å². The van der Waals surface area contributed by atoms with Gasteiger partial charge in [0.05, 0.1) is 17.2 Å². The van der Waals surface area contributed by atoms with Crippen molar-refractivity contribution >= 4 is 21.7 Å². The summed E-state index contributed by atoms with van der Waals surface area (Å²) in [5, 5.41) is 3.83. The molecule has 4 aromatic rings.